The van der Waals surface area contributed by atoms with Gasteiger partial charge in [0, 0.05) is 29.8 Å². The topological polar surface area (TPSA) is 83.4 Å². The summed E-state index contributed by atoms with van der Waals surface area (Å²) in [5.74, 6) is 0.453. The van der Waals surface area contributed by atoms with Crippen LogP contribution in [0.25, 0.3) is 16.6 Å². The maximum Gasteiger partial charge on any atom is 0.149 e. The summed E-state index contributed by atoms with van der Waals surface area (Å²) in [6.07, 6.45) is 5.83. The third kappa shape index (κ3) is 2.57. The zero-order valence-electron chi connectivity index (χ0n) is 12.7. The van der Waals surface area contributed by atoms with Crippen molar-refractivity contribution >= 4 is 22.4 Å². The van der Waals surface area contributed by atoms with E-state index in [1.54, 1.807) is 6.20 Å². The summed E-state index contributed by atoms with van der Waals surface area (Å²) in [6.45, 7) is 3.04. The standard InChI is InChI=1S/C17H21N5/c1-2-3-9-22-10-8-20-17(19)16(22)15(18)14-11-12-6-4-5-7-13(12)21-14/h4-8,10-11,21H,2-3,9,18H2,1H3,(H2,19,20)/b16-15-. The molecule has 0 bridgehead atoms. The van der Waals surface area contributed by atoms with E-state index >= 15 is 0 Å². The van der Waals surface area contributed by atoms with Crippen LogP contribution in [0.5, 0.6) is 0 Å². The number of hydrogen-bond donors (Lipinski definition) is 3. The van der Waals surface area contributed by atoms with E-state index in [9.17, 15) is 0 Å². The van der Waals surface area contributed by atoms with Gasteiger partial charge in [0.25, 0.3) is 0 Å². The number of aromatic nitrogens is 1. The van der Waals surface area contributed by atoms with Crippen molar-refractivity contribution in [2.24, 2.45) is 16.5 Å². The van der Waals surface area contributed by atoms with Gasteiger partial charge >= 0.3 is 0 Å². The molecule has 0 atom stereocenters. The van der Waals surface area contributed by atoms with Gasteiger partial charge in [0.1, 0.15) is 11.5 Å². The van der Waals surface area contributed by atoms with E-state index in [-0.39, 0.29) is 0 Å². The SMILES string of the molecule is CCCCN1C=CN=C(N)/C1=C(/N)c1cc2ccccc2[nH]1. The largest absolute Gasteiger partial charge is 0.395 e. The molecule has 0 saturated heterocycles. The van der Waals surface area contributed by atoms with Crippen LogP contribution >= 0.6 is 0 Å². The predicted octanol–water partition coefficient (Wildman–Crippen LogP) is 2.74. The Morgan fingerprint density at radius 3 is 2.91 bits per heavy atom. The lowest BCUT2D eigenvalue weighted by molar-refractivity contribution is 0.463. The number of fused-ring (bicyclic) bond motifs is 1. The molecule has 0 fully saturated rings. The number of nitrogens with two attached hydrogens (primary N) is 2. The Bertz CT molecular complexity index is 733. The van der Waals surface area contributed by atoms with Crippen molar-refractivity contribution in [3.05, 3.63) is 54.1 Å². The normalized spacial score (nSPS) is 17.0. The predicted molar refractivity (Wildman–Crippen MR) is 91.8 cm³/mol. The lowest BCUT2D eigenvalue weighted by atomic mass is 10.2. The van der Waals surface area contributed by atoms with Crippen molar-refractivity contribution in [1.29, 1.82) is 0 Å². The van der Waals surface area contributed by atoms with E-state index in [4.69, 9.17) is 11.5 Å². The molecular formula is C17H21N5. The van der Waals surface area contributed by atoms with Crippen LogP contribution in [0.3, 0.4) is 0 Å². The van der Waals surface area contributed by atoms with Crippen LogP contribution < -0.4 is 11.5 Å². The van der Waals surface area contributed by atoms with Crippen LogP contribution in [-0.4, -0.2) is 22.3 Å². The smallest absolute Gasteiger partial charge is 0.149 e. The summed E-state index contributed by atoms with van der Waals surface area (Å²) >= 11 is 0. The molecule has 0 unspecified atom stereocenters. The highest BCUT2D eigenvalue weighted by Gasteiger charge is 2.19. The summed E-state index contributed by atoms with van der Waals surface area (Å²) in [7, 11) is 0. The molecule has 1 aromatic carbocycles. The molecular weight excluding hydrogens is 274 g/mol. The monoisotopic (exact) mass is 295 g/mol. The first-order chi connectivity index (χ1) is 10.7. The summed E-state index contributed by atoms with van der Waals surface area (Å²) in [5.41, 5.74) is 15.8. The fourth-order valence-corrected chi connectivity index (χ4v) is 2.63. The number of benzene rings is 1. The number of para-hydroxylation sites is 1. The Morgan fingerprint density at radius 2 is 2.14 bits per heavy atom. The molecule has 5 N–H and O–H groups in total. The van der Waals surface area contributed by atoms with E-state index < -0.39 is 0 Å². The summed E-state index contributed by atoms with van der Waals surface area (Å²) in [4.78, 5) is 9.61. The van der Waals surface area contributed by atoms with Crippen molar-refractivity contribution in [2.45, 2.75) is 19.8 Å². The molecule has 2 aromatic rings. The van der Waals surface area contributed by atoms with Crippen LogP contribution in [0.15, 0.2) is 53.4 Å². The van der Waals surface area contributed by atoms with Crippen LogP contribution in [-0.2, 0) is 0 Å². The molecule has 2 heterocycles. The molecule has 22 heavy (non-hydrogen) atoms. The van der Waals surface area contributed by atoms with Gasteiger partial charge < -0.3 is 21.4 Å². The third-order valence-corrected chi connectivity index (χ3v) is 3.82. The first-order valence-corrected chi connectivity index (χ1v) is 7.55. The van der Waals surface area contributed by atoms with E-state index in [1.165, 1.54) is 0 Å². The number of nitrogens with one attached hydrogen (secondary N) is 1. The second-order valence-electron chi connectivity index (χ2n) is 5.39. The maximum absolute atomic E-state index is 6.40. The van der Waals surface area contributed by atoms with Crippen LogP contribution in [0.4, 0.5) is 0 Å². The Hall–Kier alpha value is -2.69. The van der Waals surface area contributed by atoms with Crippen LogP contribution in [0.1, 0.15) is 25.5 Å². The molecule has 114 valence electrons. The van der Waals surface area contributed by atoms with Crippen LogP contribution in [0.2, 0.25) is 0 Å². The van der Waals surface area contributed by atoms with E-state index in [0.29, 0.717) is 11.5 Å². The molecule has 1 aliphatic rings. The lowest BCUT2D eigenvalue weighted by Gasteiger charge is -2.26. The summed E-state index contributed by atoms with van der Waals surface area (Å²) < 4.78 is 0. The van der Waals surface area contributed by atoms with Crippen LogP contribution in [0, 0.1) is 0 Å². The van der Waals surface area contributed by atoms with Crippen molar-refractivity contribution in [2.75, 3.05) is 6.54 Å². The molecule has 1 aromatic heterocycles. The number of aromatic amines is 1. The van der Waals surface area contributed by atoms with E-state index in [1.807, 2.05) is 30.5 Å². The molecule has 3 rings (SSSR count). The highest BCUT2D eigenvalue weighted by Crippen LogP contribution is 2.23. The molecule has 5 heteroatoms. The van der Waals surface area contributed by atoms with Gasteiger partial charge in [0.15, 0.2) is 0 Å². The molecule has 5 nitrogen and oxygen atoms in total. The Labute approximate surface area is 130 Å². The molecule has 0 spiro atoms. The fraction of sp³-hybridized carbons (Fsp3) is 0.235. The van der Waals surface area contributed by atoms with Crippen molar-refractivity contribution in [3.8, 4) is 0 Å². The quantitative estimate of drug-likeness (QED) is 0.811. The zero-order chi connectivity index (χ0) is 15.5. The van der Waals surface area contributed by atoms with Gasteiger partial charge in [-0.1, -0.05) is 31.5 Å². The van der Waals surface area contributed by atoms with Gasteiger partial charge in [0.2, 0.25) is 0 Å². The van der Waals surface area contributed by atoms with Gasteiger partial charge in [-0.25, -0.2) is 4.99 Å². The molecule has 0 radical (unpaired) electrons. The Morgan fingerprint density at radius 1 is 1.32 bits per heavy atom. The molecule has 0 aliphatic carbocycles. The Kier molecular flexibility index (Phi) is 3.87. The highest BCUT2D eigenvalue weighted by molar-refractivity contribution is 6.04. The lowest BCUT2D eigenvalue weighted by Crippen LogP contribution is -2.33. The first-order valence-electron chi connectivity index (χ1n) is 7.55. The molecule has 1 aliphatic heterocycles. The minimum absolute atomic E-state index is 0.453. The first kappa shape index (κ1) is 14.3. The number of aliphatic imine (C=N–C) groups is 1. The molecule has 0 amide bonds. The number of rotatable bonds is 4. The van der Waals surface area contributed by atoms with Crippen molar-refractivity contribution < 1.29 is 0 Å². The van der Waals surface area contributed by atoms with Gasteiger partial charge in [-0.3, -0.25) is 0 Å². The average molecular weight is 295 g/mol. The number of unbranched alkanes of at least 4 members (excludes halogenated alkanes) is 1. The van der Waals surface area contributed by atoms with Gasteiger partial charge in [-0.15, -0.1) is 0 Å². The average Bonchev–Trinajstić information content (AvgIpc) is 2.96. The second kappa shape index (κ2) is 5.97. The highest BCUT2D eigenvalue weighted by atomic mass is 15.2. The van der Waals surface area contributed by atoms with E-state index in [0.717, 1.165) is 41.7 Å². The zero-order valence-corrected chi connectivity index (χ0v) is 12.7. The van der Waals surface area contributed by atoms with E-state index in [2.05, 4.69) is 27.9 Å². The number of hydrogen-bond acceptors (Lipinski definition) is 4. The summed E-state index contributed by atoms with van der Waals surface area (Å²) in [5, 5.41) is 1.13. The number of amidine groups is 1. The Balaban J connectivity index is 2.04. The number of H-pyrrole nitrogens is 1. The minimum Gasteiger partial charge on any atom is -0.395 e. The minimum atomic E-state index is 0.453. The van der Waals surface area contributed by atoms with Crippen molar-refractivity contribution in [3.63, 3.8) is 0 Å². The van der Waals surface area contributed by atoms with Gasteiger partial charge in [-0.05, 0) is 18.6 Å². The van der Waals surface area contributed by atoms with Gasteiger partial charge in [0.05, 0.1) is 11.4 Å². The summed E-state index contributed by atoms with van der Waals surface area (Å²) in [6, 6.07) is 10.1. The maximum atomic E-state index is 6.40. The van der Waals surface area contributed by atoms with Gasteiger partial charge in [-0.2, -0.15) is 0 Å². The third-order valence-electron chi connectivity index (χ3n) is 3.82. The number of nitrogens with zero attached hydrogens (tertiary/aromatic N) is 2. The fourth-order valence-electron chi connectivity index (χ4n) is 2.63. The van der Waals surface area contributed by atoms with Crippen molar-refractivity contribution in [1.82, 2.24) is 9.88 Å². The second-order valence-corrected chi connectivity index (χ2v) is 5.39. The molecule has 0 saturated carbocycles.